The third kappa shape index (κ3) is 2.09. The van der Waals surface area contributed by atoms with Crippen molar-refractivity contribution in [3.05, 3.63) is 28.8 Å². The molecule has 0 unspecified atom stereocenters. The molecular formula is C9H12ClN3O. The fraction of sp³-hybridized carbons (Fsp3) is 0.222. The average Bonchev–Trinajstić information content (AvgIpc) is 2.15. The third-order valence-electron chi connectivity index (χ3n) is 1.83. The summed E-state index contributed by atoms with van der Waals surface area (Å²) in [7, 11) is 3.79. The molecule has 0 bridgehead atoms. The summed E-state index contributed by atoms with van der Waals surface area (Å²) >= 11 is 5.99. The van der Waals surface area contributed by atoms with Crippen LogP contribution >= 0.6 is 11.6 Å². The molecule has 0 aromatic heterocycles. The van der Waals surface area contributed by atoms with E-state index in [2.05, 4.69) is 5.16 Å². The minimum absolute atomic E-state index is 0.0530. The SMILES string of the molecule is CN(C)c1ccc(C(N)=NO)cc1Cl. The highest BCUT2D eigenvalue weighted by molar-refractivity contribution is 6.33. The molecule has 1 aromatic rings. The van der Waals surface area contributed by atoms with Crippen LogP contribution in [-0.2, 0) is 0 Å². The van der Waals surface area contributed by atoms with Gasteiger partial charge in [-0.25, -0.2) is 0 Å². The first-order valence-electron chi connectivity index (χ1n) is 4.01. The quantitative estimate of drug-likeness (QED) is 0.339. The molecule has 1 rings (SSSR count). The Morgan fingerprint density at radius 2 is 2.14 bits per heavy atom. The first-order chi connectivity index (χ1) is 6.56. The lowest BCUT2D eigenvalue weighted by Crippen LogP contribution is -2.14. The molecule has 76 valence electrons. The summed E-state index contributed by atoms with van der Waals surface area (Å²) in [5.74, 6) is 0.0530. The molecule has 0 amide bonds. The zero-order chi connectivity index (χ0) is 10.7. The number of nitrogens with two attached hydrogens (primary N) is 1. The van der Waals surface area contributed by atoms with E-state index in [1.54, 1.807) is 12.1 Å². The van der Waals surface area contributed by atoms with Crippen LogP contribution in [0.25, 0.3) is 0 Å². The van der Waals surface area contributed by atoms with Crippen molar-refractivity contribution in [2.75, 3.05) is 19.0 Å². The summed E-state index contributed by atoms with van der Waals surface area (Å²) in [4.78, 5) is 1.89. The van der Waals surface area contributed by atoms with Gasteiger partial charge in [0.1, 0.15) is 0 Å². The van der Waals surface area contributed by atoms with Crippen LogP contribution in [0.3, 0.4) is 0 Å². The lowest BCUT2D eigenvalue weighted by Gasteiger charge is -2.14. The molecule has 1 aromatic carbocycles. The summed E-state index contributed by atoms with van der Waals surface area (Å²) in [5.41, 5.74) is 6.91. The van der Waals surface area contributed by atoms with Crippen LogP contribution in [0.1, 0.15) is 5.56 Å². The fourth-order valence-electron chi connectivity index (χ4n) is 1.09. The van der Waals surface area contributed by atoms with Crippen molar-refractivity contribution in [2.45, 2.75) is 0 Å². The van der Waals surface area contributed by atoms with Gasteiger partial charge in [0, 0.05) is 19.7 Å². The van der Waals surface area contributed by atoms with Crippen molar-refractivity contribution < 1.29 is 5.21 Å². The molecule has 4 nitrogen and oxygen atoms in total. The maximum atomic E-state index is 8.47. The number of halogens is 1. The summed E-state index contributed by atoms with van der Waals surface area (Å²) < 4.78 is 0. The van der Waals surface area contributed by atoms with Gasteiger partial charge in [0.15, 0.2) is 5.84 Å². The Hall–Kier alpha value is -1.42. The van der Waals surface area contributed by atoms with E-state index in [-0.39, 0.29) is 5.84 Å². The molecule has 0 aliphatic carbocycles. The van der Waals surface area contributed by atoms with Crippen molar-refractivity contribution in [3.63, 3.8) is 0 Å². The summed E-state index contributed by atoms with van der Waals surface area (Å²) in [6.45, 7) is 0. The van der Waals surface area contributed by atoms with Crippen LogP contribution in [0.4, 0.5) is 5.69 Å². The number of nitrogens with zero attached hydrogens (tertiary/aromatic N) is 2. The smallest absolute Gasteiger partial charge is 0.170 e. The zero-order valence-electron chi connectivity index (χ0n) is 8.03. The predicted molar refractivity (Wildman–Crippen MR) is 58.3 cm³/mol. The Morgan fingerprint density at radius 3 is 2.57 bits per heavy atom. The molecule has 3 N–H and O–H groups in total. The third-order valence-corrected chi connectivity index (χ3v) is 2.14. The molecule has 0 aliphatic rings. The van der Waals surface area contributed by atoms with Crippen LogP contribution in [-0.4, -0.2) is 25.1 Å². The minimum Gasteiger partial charge on any atom is -0.409 e. The van der Waals surface area contributed by atoms with E-state index in [0.717, 1.165) is 5.69 Å². The van der Waals surface area contributed by atoms with E-state index in [1.807, 2.05) is 25.1 Å². The standard InChI is InChI=1S/C9H12ClN3O/c1-13(2)8-4-3-6(5-7(8)10)9(11)12-14/h3-5,14H,1-2H3,(H2,11,12). The molecule has 0 fully saturated rings. The molecule has 0 saturated heterocycles. The molecule has 0 radical (unpaired) electrons. The van der Waals surface area contributed by atoms with Gasteiger partial charge >= 0.3 is 0 Å². The second-order valence-corrected chi connectivity index (χ2v) is 3.45. The molecule has 0 aliphatic heterocycles. The maximum absolute atomic E-state index is 8.47. The number of benzene rings is 1. The van der Waals surface area contributed by atoms with Gasteiger partial charge in [-0.05, 0) is 18.2 Å². The number of rotatable bonds is 2. The highest BCUT2D eigenvalue weighted by Crippen LogP contribution is 2.24. The topological polar surface area (TPSA) is 61.8 Å². The van der Waals surface area contributed by atoms with Gasteiger partial charge in [0.25, 0.3) is 0 Å². The maximum Gasteiger partial charge on any atom is 0.170 e. The molecule has 0 atom stereocenters. The molecule has 0 saturated carbocycles. The highest BCUT2D eigenvalue weighted by atomic mass is 35.5. The first kappa shape index (κ1) is 10.7. The number of hydrogen-bond acceptors (Lipinski definition) is 3. The van der Waals surface area contributed by atoms with E-state index in [9.17, 15) is 0 Å². The Bertz CT molecular complexity index is 363. The highest BCUT2D eigenvalue weighted by Gasteiger charge is 2.05. The zero-order valence-corrected chi connectivity index (χ0v) is 8.78. The van der Waals surface area contributed by atoms with Crippen LogP contribution in [0, 0.1) is 0 Å². The number of amidine groups is 1. The van der Waals surface area contributed by atoms with Crippen LogP contribution in [0.15, 0.2) is 23.4 Å². The monoisotopic (exact) mass is 213 g/mol. The van der Waals surface area contributed by atoms with E-state index >= 15 is 0 Å². The second kappa shape index (κ2) is 4.19. The Kier molecular flexibility index (Phi) is 3.19. The number of oxime groups is 1. The summed E-state index contributed by atoms with van der Waals surface area (Å²) in [6, 6.07) is 5.22. The largest absolute Gasteiger partial charge is 0.409 e. The first-order valence-corrected chi connectivity index (χ1v) is 4.39. The molecule has 14 heavy (non-hydrogen) atoms. The number of hydrogen-bond donors (Lipinski definition) is 2. The second-order valence-electron chi connectivity index (χ2n) is 3.05. The van der Waals surface area contributed by atoms with Gasteiger partial charge in [0.05, 0.1) is 10.7 Å². The molecule has 0 heterocycles. The minimum atomic E-state index is 0.0530. The Balaban J connectivity index is 3.13. The lowest BCUT2D eigenvalue weighted by atomic mass is 10.2. The van der Waals surface area contributed by atoms with Crippen molar-refractivity contribution >= 4 is 23.1 Å². The van der Waals surface area contributed by atoms with Crippen LogP contribution in [0.5, 0.6) is 0 Å². The van der Waals surface area contributed by atoms with Crippen molar-refractivity contribution in [1.82, 2.24) is 0 Å². The predicted octanol–water partition coefficient (Wildman–Crippen LogP) is 1.50. The van der Waals surface area contributed by atoms with Crippen LogP contribution in [0.2, 0.25) is 5.02 Å². The molecule has 0 spiro atoms. The summed E-state index contributed by atoms with van der Waals surface area (Å²) in [5, 5.41) is 11.9. The molecular weight excluding hydrogens is 202 g/mol. The van der Waals surface area contributed by atoms with Crippen molar-refractivity contribution in [1.29, 1.82) is 0 Å². The molecule has 5 heteroatoms. The van der Waals surface area contributed by atoms with E-state index in [1.165, 1.54) is 0 Å². The normalized spacial score (nSPS) is 11.5. The van der Waals surface area contributed by atoms with Gasteiger partial charge in [-0.3, -0.25) is 0 Å². The Morgan fingerprint density at radius 1 is 1.50 bits per heavy atom. The van der Waals surface area contributed by atoms with Gasteiger partial charge in [-0.2, -0.15) is 0 Å². The van der Waals surface area contributed by atoms with E-state index in [0.29, 0.717) is 10.6 Å². The van der Waals surface area contributed by atoms with E-state index < -0.39 is 0 Å². The van der Waals surface area contributed by atoms with Gasteiger partial charge in [0.2, 0.25) is 0 Å². The van der Waals surface area contributed by atoms with Gasteiger partial charge < -0.3 is 15.8 Å². The van der Waals surface area contributed by atoms with Crippen molar-refractivity contribution in [3.8, 4) is 0 Å². The van der Waals surface area contributed by atoms with Crippen LogP contribution < -0.4 is 10.6 Å². The average molecular weight is 214 g/mol. The van der Waals surface area contributed by atoms with Gasteiger partial charge in [-0.1, -0.05) is 16.8 Å². The lowest BCUT2D eigenvalue weighted by molar-refractivity contribution is 0.318. The van der Waals surface area contributed by atoms with Gasteiger partial charge in [-0.15, -0.1) is 0 Å². The number of anilines is 1. The Labute approximate surface area is 87.6 Å². The van der Waals surface area contributed by atoms with E-state index in [4.69, 9.17) is 22.5 Å². The fourth-order valence-corrected chi connectivity index (χ4v) is 1.44. The summed E-state index contributed by atoms with van der Waals surface area (Å²) in [6.07, 6.45) is 0. The van der Waals surface area contributed by atoms with Crippen molar-refractivity contribution in [2.24, 2.45) is 10.9 Å².